The predicted molar refractivity (Wildman–Crippen MR) is 135 cm³/mol. The number of methoxy groups -OCH3 is 1. The maximum Gasteiger partial charge on any atom is 0.167 e. The number of nitrogens with zero attached hydrogens (tertiary/aromatic N) is 7. The SMILES string of the molecule is COC1CN(c2cc3nc(N4CCC(Oc5ccc(F)cc5F)CC4)c(-c4cnn(C)c4)nc3cn2)C1. The van der Waals surface area contributed by atoms with Crippen molar-refractivity contribution in [3.63, 3.8) is 0 Å². The van der Waals surface area contributed by atoms with Crippen LogP contribution >= 0.6 is 0 Å². The zero-order chi connectivity index (χ0) is 25.5. The molecule has 0 bridgehead atoms. The third-order valence-electron chi connectivity index (χ3n) is 6.93. The summed E-state index contributed by atoms with van der Waals surface area (Å²) < 4.78 is 40.3. The first-order chi connectivity index (χ1) is 18.0. The first-order valence-electron chi connectivity index (χ1n) is 12.3. The van der Waals surface area contributed by atoms with E-state index in [2.05, 4.69) is 19.9 Å². The lowest BCUT2D eigenvalue weighted by Gasteiger charge is -2.39. The van der Waals surface area contributed by atoms with Crippen LogP contribution in [0.4, 0.5) is 20.4 Å². The Balaban J connectivity index is 1.27. The molecule has 0 unspecified atom stereocenters. The lowest BCUT2D eigenvalue weighted by molar-refractivity contribution is 0.0783. The Bertz CT molecular complexity index is 1430. The summed E-state index contributed by atoms with van der Waals surface area (Å²) in [4.78, 5) is 18.9. The third kappa shape index (κ3) is 4.66. The smallest absolute Gasteiger partial charge is 0.167 e. The number of rotatable bonds is 6. The van der Waals surface area contributed by atoms with E-state index in [1.807, 2.05) is 19.3 Å². The fourth-order valence-electron chi connectivity index (χ4n) is 4.78. The van der Waals surface area contributed by atoms with Gasteiger partial charge in [0.05, 0.1) is 24.0 Å². The van der Waals surface area contributed by atoms with Crippen molar-refractivity contribution in [2.45, 2.75) is 25.0 Å². The maximum absolute atomic E-state index is 14.1. The number of aryl methyl sites for hydroxylation is 1. The minimum absolute atomic E-state index is 0.0723. The van der Waals surface area contributed by atoms with Gasteiger partial charge in [0.15, 0.2) is 17.4 Å². The molecule has 2 saturated heterocycles. The molecule has 0 amide bonds. The fourth-order valence-corrected chi connectivity index (χ4v) is 4.78. The van der Waals surface area contributed by atoms with Crippen LogP contribution in [0.15, 0.2) is 42.9 Å². The number of anilines is 2. The van der Waals surface area contributed by atoms with Crippen molar-refractivity contribution in [1.29, 1.82) is 0 Å². The predicted octanol–water partition coefficient (Wildman–Crippen LogP) is 3.59. The molecule has 3 aromatic heterocycles. The second kappa shape index (κ2) is 9.55. The van der Waals surface area contributed by atoms with E-state index in [-0.39, 0.29) is 18.0 Å². The lowest BCUT2D eigenvalue weighted by atomic mass is 10.1. The van der Waals surface area contributed by atoms with Gasteiger partial charge in [0, 0.05) is 77.1 Å². The van der Waals surface area contributed by atoms with E-state index in [0.29, 0.717) is 31.4 Å². The summed E-state index contributed by atoms with van der Waals surface area (Å²) in [5.41, 5.74) is 3.08. The van der Waals surface area contributed by atoms with Crippen LogP contribution in [0.5, 0.6) is 5.75 Å². The molecule has 2 aliphatic rings. The van der Waals surface area contributed by atoms with Crippen molar-refractivity contribution in [3.05, 3.63) is 54.5 Å². The topological polar surface area (TPSA) is 81.4 Å². The molecule has 37 heavy (non-hydrogen) atoms. The summed E-state index contributed by atoms with van der Waals surface area (Å²) in [6.45, 7) is 2.90. The summed E-state index contributed by atoms with van der Waals surface area (Å²) >= 11 is 0. The third-order valence-corrected chi connectivity index (χ3v) is 6.93. The van der Waals surface area contributed by atoms with E-state index >= 15 is 0 Å². The largest absolute Gasteiger partial charge is 0.487 e. The number of hydrogen-bond acceptors (Lipinski definition) is 8. The molecule has 9 nitrogen and oxygen atoms in total. The van der Waals surface area contributed by atoms with Crippen LogP contribution in [0.1, 0.15) is 12.8 Å². The highest BCUT2D eigenvalue weighted by Crippen LogP contribution is 2.33. The van der Waals surface area contributed by atoms with Crippen molar-refractivity contribution >= 4 is 22.7 Å². The average molecular weight is 508 g/mol. The molecule has 0 N–H and O–H groups in total. The van der Waals surface area contributed by atoms with Gasteiger partial charge in [0.25, 0.3) is 0 Å². The zero-order valence-electron chi connectivity index (χ0n) is 20.6. The van der Waals surface area contributed by atoms with Crippen LogP contribution in [-0.4, -0.2) is 70.2 Å². The summed E-state index contributed by atoms with van der Waals surface area (Å²) in [6, 6.07) is 5.36. The van der Waals surface area contributed by atoms with Gasteiger partial charge in [0.2, 0.25) is 0 Å². The normalized spacial score (nSPS) is 16.9. The standard InChI is InChI=1S/C26H27F2N7O2/c1-33-13-16(11-30-33)25-26(32-21-10-24(29-12-22(21)31-25)35-14-19(15-35)36-2)34-7-5-18(6-8-34)37-23-4-3-17(27)9-20(23)28/h3-4,9-13,18-19H,5-8,14-15H2,1-2H3. The number of hydrogen-bond donors (Lipinski definition) is 0. The molecular formula is C26H27F2N7O2. The molecule has 192 valence electrons. The van der Waals surface area contributed by atoms with Crippen LogP contribution in [0.3, 0.4) is 0 Å². The molecule has 1 aromatic carbocycles. The Morgan fingerprint density at radius 1 is 0.946 bits per heavy atom. The van der Waals surface area contributed by atoms with E-state index in [1.54, 1.807) is 24.2 Å². The quantitative estimate of drug-likeness (QED) is 0.392. The number of pyridine rings is 1. The first kappa shape index (κ1) is 23.5. The van der Waals surface area contributed by atoms with E-state index in [1.165, 1.54) is 12.1 Å². The molecule has 2 aliphatic heterocycles. The molecular weight excluding hydrogens is 480 g/mol. The van der Waals surface area contributed by atoms with Gasteiger partial charge >= 0.3 is 0 Å². The highest BCUT2D eigenvalue weighted by Gasteiger charge is 2.29. The fraction of sp³-hybridized carbons (Fsp3) is 0.385. The second-order valence-corrected chi connectivity index (χ2v) is 9.47. The average Bonchev–Trinajstić information content (AvgIpc) is 3.31. The van der Waals surface area contributed by atoms with E-state index in [0.717, 1.165) is 47.6 Å². The molecule has 0 aliphatic carbocycles. The molecule has 11 heteroatoms. The highest BCUT2D eigenvalue weighted by atomic mass is 19.1. The summed E-state index contributed by atoms with van der Waals surface area (Å²) in [6.07, 6.45) is 6.83. The summed E-state index contributed by atoms with van der Waals surface area (Å²) in [5.74, 6) is 0.378. The van der Waals surface area contributed by atoms with Gasteiger partial charge in [-0.3, -0.25) is 4.68 Å². The van der Waals surface area contributed by atoms with Crippen LogP contribution in [0.25, 0.3) is 22.3 Å². The van der Waals surface area contributed by atoms with Gasteiger partial charge in [-0.05, 0) is 12.1 Å². The van der Waals surface area contributed by atoms with E-state index in [9.17, 15) is 8.78 Å². The number of fused-ring (bicyclic) bond motifs is 1. The highest BCUT2D eigenvalue weighted by molar-refractivity contribution is 5.84. The van der Waals surface area contributed by atoms with Crippen molar-refractivity contribution < 1.29 is 18.3 Å². The number of halogens is 2. The van der Waals surface area contributed by atoms with Crippen molar-refractivity contribution in [2.75, 3.05) is 43.1 Å². The Morgan fingerprint density at radius 3 is 2.46 bits per heavy atom. The van der Waals surface area contributed by atoms with Crippen molar-refractivity contribution in [2.24, 2.45) is 7.05 Å². The zero-order valence-corrected chi connectivity index (χ0v) is 20.6. The minimum Gasteiger partial charge on any atom is -0.487 e. The van der Waals surface area contributed by atoms with Gasteiger partial charge in [-0.25, -0.2) is 23.7 Å². The van der Waals surface area contributed by atoms with Gasteiger partial charge in [-0.2, -0.15) is 5.10 Å². The van der Waals surface area contributed by atoms with E-state index in [4.69, 9.17) is 19.4 Å². The monoisotopic (exact) mass is 507 g/mol. The van der Waals surface area contributed by atoms with E-state index < -0.39 is 11.6 Å². The van der Waals surface area contributed by atoms with Crippen LogP contribution in [0, 0.1) is 11.6 Å². The Labute approximate surface area is 212 Å². The molecule has 0 atom stereocenters. The summed E-state index contributed by atoms with van der Waals surface area (Å²) in [5, 5.41) is 4.32. The molecule has 5 heterocycles. The van der Waals surface area contributed by atoms with Crippen LogP contribution in [-0.2, 0) is 11.8 Å². The van der Waals surface area contributed by atoms with Gasteiger partial charge in [-0.15, -0.1) is 0 Å². The van der Waals surface area contributed by atoms with Crippen molar-refractivity contribution in [1.82, 2.24) is 24.7 Å². The van der Waals surface area contributed by atoms with Crippen LogP contribution in [0.2, 0.25) is 0 Å². The molecule has 0 saturated carbocycles. The number of piperidine rings is 1. The van der Waals surface area contributed by atoms with Crippen molar-refractivity contribution in [3.8, 4) is 17.0 Å². The minimum atomic E-state index is -0.690. The van der Waals surface area contributed by atoms with Gasteiger partial charge in [0.1, 0.15) is 28.9 Å². The number of aromatic nitrogens is 5. The summed E-state index contributed by atoms with van der Waals surface area (Å²) in [7, 11) is 3.58. The van der Waals surface area contributed by atoms with Gasteiger partial charge in [-0.1, -0.05) is 0 Å². The second-order valence-electron chi connectivity index (χ2n) is 9.47. The number of benzene rings is 1. The Hall–Kier alpha value is -3.86. The van der Waals surface area contributed by atoms with Crippen LogP contribution < -0.4 is 14.5 Å². The molecule has 6 rings (SSSR count). The number of ether oxygens (including phenoxy) is 2. The Morgan fingerprint density at radius 2 is 1.76 bits per heavy atom. The Kier molecular flexibility index (Phi) is 6.07. The molecule has 4 aromatic rings. The maximum atomic E-state index is 14.1. The first-order valence-corrected chi connectivity index (χ1v) is 12.3. The lowest BCUT2D eigenvalue weighted by Crippen LogP contribution is -2.52. The molecule has 0 spiro atoms. The molecule has 0 radical (unpaired) electrons. The molecule has 2 fully saturated rings. The van der Waals surface area contributed by atoms with Gasteiger partial charge < -0.3 is 19.3 Å².